The Morgan fingerprint density at radius 2 is 1.47 bits per heavy atom. The van der Waals surface area contributed by atoms with E-state index in [1.165, 1.54) is 36.4 Å². The molecule has 0 spiro atoms. The molecule has 0 aliphatic rings. The van der Waals surface area contributed by atoms with Gasteiger partial charge in [0.2, 0.25) is 0 Å². The van der Waals surface area contributed by atoms with Crippen molar-refractivity contribution in [2.75, 3.05) is 5.32 Å². The summed E-state index contributed by atoms with van der Waals surface area (Å²) >= 11 is 0. The van der Waals surface area contributed by atoms with Gasteiger partial charge < -0.3 is 15.5 Å². The maximum atomic E-state index is 12.0. The van der Waals surface area contributed by atoms with Crippen LogP contribution >= 0.6 is 0 Å². The van der Waals surface area contributed by atoms with Gasteiger partial charge in [0.05, 0.1) is 11.1 Å². The molecule has 2 aromatic rings. The van der Waals surface area contributed by atoms with Crippen molar-refractivity contribution in [3.8, 4) is 5.75 Å². The van der Waals surface area contributed by atoms with Crippen LogP contribution in [-0.2, 0) is 0 Å². The van der Waals surface area contributed by atoms with Crippen molar-refractivity contribution >= 4 is 17.6 Å². The molecule has 0 bridgehead atoms. The number of phenolic OH excluding ortho intramolecular Hbond substituents is 1. The fraction of sp³-hybridized carbons (Fsp3) is 0. The zero-order valence-electron chi connectivity index (χ0n) is 9.83. The van der Waals surface area contributed by atoms with Crippen molar-refractivity contribution in [2.45, 2.75) is 0 Å². The minimum Gasteiger partial charge on any atom is -0.508 e. The molecule has 0 unspecified atom stereocenters. The Morgan fingerprint density at radius 1 is 0.895 bits per heavy atom. The second-order valence-corrected chi connectivity index (χ2v) is 3.85. The van der Waals surface area contributed by atoms with E-state index in [0.717, 1.165) is 0 Å². The Labute approximate surface area is 109 Å². The van der Waals surface area contributed by atoms with Gasteiger partial charge in [-0.2, -0.15) is 0 Å². The Balaban J connectivity index is 2.25. The number of phenols is 1. The Morgan fingerprint density at radius 3 is 2.05 bits per heavy atom. The highest BCUT2D eigenvalue weighted by atomic mass is 16.4. The quantitative estimate of drug-likeness (QED) is 0.736. The summed E-state index contributed by atoms with van der Waals surface area (Å²) in [6.45, 7) is 0. The van der Waals surface area contributed by atoms with E-state index in [-0.39, 0.29) is 16.9 Å². The number of nitrogens with one attached hydrogen (secondary N) is 1. The first-order valence-electron chi connectivity index (χ1n) is 5.50. The van der Waals surface area contributed by atoms with Gasteiger partial charge in [-0.15, -0.1) is 0 Å². The van der Waals surface area contributed by atoms with Crippen molar-refractivity contribution in [1.29, 1.82) is 0 Å². The molecule has 5 nitrogen and oxygen atoms in total. The number of carboxylic acids is 1. The number of rotatable bonds is 3. The van der Waals surface area contributed by atoms with Gasteiger partial charge in [-0.3, -0.25) is 4.79 Å². The van der Waals surface area contributed by atoms with E-state index in [0.29, 0.717) is 5.69 Å². The van der Waals surface area contributed by atoms with Crippen LogP contribution in [0, 0.1) is 0 Å². The first-order valence-corrected chi connectivity index (χ1v) is 5.50. The average molecular weight is 257 g/mol. The molecule has 3 N–H and O–H groups in total. The summed E-state index contributed by atoms with van der Waals surface area (Å²) in [5.41, 5.74) is 0.504. The lowest BCUT2D eigenvalue weighted by Crippen LogP contribution is -2.16. The van der Waals surface area contributed by atoms with Gasteiger partial charge in [-0.1, -0.05) is 12.1 Å². The van der Waals surface area contributed by atoms with E-state index in [1.807, 2.05) is 0 Å². The maximum Gasteiger partial charge on any atom is 0.336 e. The van der Waals surface area contributed by atoms with E-state index < -0.39 is 11.9 Å². The number of carbonyl (C=O) groups is 2. The molecule has 19 heavy (non-hydrogen) atoms. The molecule has 2 aromatic carbocycles. The largest absolute Gasteiger partial charge is 0.508 e. The number of carbonyl (C=O) groups excluding carboxylic acids is 1. The predicted molar refractivity (Wildman–Crippen MR) is 69.5 cm³/mol. The summed E-state index contributed by atoms with van der Waals surface area (Å²) in [6.07, 6.45) is 0. The van der Waals surface area contributed by atoms with Gasteiger partial charge in [-0.05, 0) is 36.4 Å². The Bertz CT molecular complexity index is 620. The molecule has 0 aromatic heterocycles. The van der Waals surface area contributed by atoms with Gasteiger partial charge in [0.1, 0.15) is 5.75 Å². The topological polar surface area (TPSA) is 86.6 Å². The van der Waals surface area contributed by atoms with E-state index in [9.17, 15) is 9.59 Å². The molecule has 1 amide bonds. The van der Waals surface area contributed by atoms with E-state index >= 15 is 0 Å². The van der Waals surface area contributed by atoms with Crippen molar-refractivity contribution in [2.24, 2.45) is 0 Å². The third kappa shape index (κ3) is 2.90. The van der Waals surface area contributed by atoms with Gasteiger partial charge in [0.15, 0.2) is 0 Å². The second kappa shape index (κ2) is 5.22. The number of hydrogen-bond donors (Lipinski definition) is 3. The molecule has 0 aliphatic heterocycles. The smallest absolute Gasteiger partial charge is 0.336 e. The maximum absolute atomic E-state index is 12.0. The minimum atomic E-state index is -1.16. The fourth-order valence-electron chi connectivity index (χ4n) is 1.61. The summed E-state index contributed by atoms with van der Waals surface area (Å²) in [4.78, 5) is 23.0. The molecule has 0 aliphatic carbocycles. The summed E-state index contributed by atoms with van der Waals surface area (Å²) in [5.74, 6) is -1.58. The molecule has 5 heteroatoms. The summed E-state index contributed by atoms with van der Waals surface area (Å²) in [7, 11) is 0. The number of benzene rings is 2. The molecular weight excluding hydrogens is 246 g/mol. The lowest BCUT2D eigenvalue weighted by Gasteiger charge is -2.07. The van der Waals surface area contributed by atoms with Crippen LogP contribution in [0.1, 0.15) is 20.7 Å². The first kappa shape index (κ1) is 12.6. The molecule has 96 valence electrons. The molecule has 0 heterocycles. The normalized spacial score (nSPS) is 9.89. The van der Waals surface area contributed by atoms with E-state index in [1.54, 1.807) is 12.1 Å². The Kier molecular flexibility index (Phi) is 3.47. The van der Waals surface area contributed by atoms with E-state index in [2.05, 4.69) is 5.32 Å². The third-order valence-corrected chi connectivity index (χ3v) is 2.53. The average Bonchev–Trinajstić information content (AvgIpc) is 2.41. The van der Waals surface area contributed by atoms with Crippen LogP contribution in [0.25, 0.3) is 0 Å². The number of anilines is 1. The lowest BCUT2D eigenvalue weighted by molar-refractivity contribution is 0.0692. The van der Waals surface area contributed by atoms with Crippen molar-refractivity contribution in [1.82, 2.24) is 0 Å². The number of amides is 1. The highest BCUT2D eigenvalue weighted by molar-refractivity contribution is 6.10. The highest BCUT2D eigenvalue weighted by Gasteiger charge is 2.15. The molecule has 0 atom stereocenters. The SMILES string of the molecule is O=C(O)c1ccccc1C(=O)Nc1ccc(O)cc1. The van der Waals surface area contributed by atoms with Crippen LogP contribution in [0.3, 0.4) is 0 Å². The zero-order chi connectivity index (χ0) is 13.8. The molecule has 0 fully saturated rings. The summed E-state index contributed by atoms with van der Waals surface area (Å²) < 4.78 is 0. The van der Waals surface area contributed by atoms with Crippen molar-refractivity contribution in [3.05, 3.63) is 59.7 Å². The predicted octanol–water partition coefficient (Wildman–Crippen LogP) is 2.34. The minimum absolute atomic E-state index is 0.0567. The number of aromatic carboxylic acids is 1. The van der Waals surface area contributed by atoms with Gasteiger partial charge in [0, 0.05) is 5.69 Å². The molecule has 0 saturated heterocycles. The van der Waals surface area contributed by atoms with Gasteiger partial charge >= 0.3 is 5.97 Å². The third-order valence-electron chi connectivity index (χ3n) is 2.53. The van der Waals surface area contributed by atoms with E-state index in [4.69, 9.17) is 10.2 Å². The molecular formula is C14H11NO4. The van der Waals surface area contributed by atoms with Crippen LogP contribution in [0.2, 0.25) is 0 Å². The number of aromatic hydroxyl groups is 1. The van der Waals surface area contributed by atoms with Crippen LogP contribution in [0.4, 0.5) is 5.69 Å². The van der Waals surface area contributed by atoms with Crippen LogP contribution in [-0.4, -0.2) is 22.1 Å². The summed E-state index contributed by atoms with van der Waals surface area (Å²) in [6, 6.07) is 11.9. The zero-order valence-corrected chi connectivity index (χ0v) is 9.83. The van der Waals surface area contributed by atoms with Crippen LogP contribution < -0.4 is 5.32 Å². The Hall–Kier alpha value is -2.82. The molecule has 2 rings (SSSR count). The molecule has 0 saturated carbocycles. The van der Waals surface area contributed by atoms with Crippen molar-refractivity contribution < 1.29 is 19.8 Å². The van der Waals surface area contributed by atoms with Crippen LogP contribution in [0.15, 0.2) is 48.5 Å². The van der Waals surface area contributed by atoms with Gasteiger partial charge in [0.25, 0.3) is 5.91 Å². The first-order chi connectivity index (χ1) is 9.08. The fourth-order valence-corrected chi connectivity index (χ4v) is 1.61. The number of hydrogen-bond acceptors (Lipinski definition) is 3. The molecule has 0 radical (unpaired) electrons. The standard InChI is InChI=1S/C14H11NO4/c16-10-7-5-9(6-8-10)15-13(17)11-3-1-2-4-12(11)14(18)19/h1-8,16H,(H,15,17)(H,18,19). The van der Waals surface area contributed by atoms with Gasteiger partial charge in [-0.25, -0.2) is 4.79 Å². The number of carboxylic acid groups (broad SMARTS) is 1. The highest BCUT2D eigenvalue weighted by Crippen LogP contribution is 2.16. The monoisotopic (exact) mass is 257 g/mol. The summed E-state index contributed by atoms with van der Waals surface area (Å²) in [5, 5.41) is 20.7. The lowest BCUT2D eigenvalue weighted by atomic mass is 10.1. The second-order valence-electron chi connectivity index (χ2n) is 3.85. The van der Waals surface area contributed by atoms with Crippen LogP contribution in [0.5, 0.6) is 5.75 Å². The van der Waals surface area contributed by atoms with Crippen molar-refractivity contribution in [3.63, 3.8) is 0 Å².